The van der Waals surface area contributed by atoms with Crippen molar-refractivity contribution in [3.63, 3.8) is 0 Å². The van der Waals surface area contributed by atoms with E-state index in [0.29, 0.717) is 18.0 Å². The summed E-state index contributed by atoms with van der Waals surface area (Å²) in [6.45, 7) is 2.07. The average Bonchev–Trinajstić information content (AvgIpc) is 2.30. The fourth-order valence-corrected chi connectivity index (χ4v) is 2.18. The highest BCUT2D eigenvalue weighted by molar-refractivity contribution is 5.96. The molecule has 0 atom stereocenters. The Morgan fingerprint density at radius 1 is 1.38 bits per heavy atom. The standard InChI is InChI=1S/C13H18N2O/c14-12-3-1-2-11(9-12)13(16)8-10-4-6-15-7-5-10/h1-3,9-10,15H,4-8,14H2. The molecular weight excluding hydrogens is 200 g/mol. The van der Waals surface area contributed by atoms with Crippen molar-refractivity contribution >= 4 is 11.5 Å². The van der Waals surface area contributed by atoms with E-state index in [2.05, 4.69) is 5.32 Å². The van der Waals surface area contributed by atoms with E-state index >= 15 is 0 Å². The van der Waals surface area contributed by atoms with Crippen molar-refractivity contribution in [1.29, 1.82) is 0 Å². The van der Waals surface area contributed by atoms with Crippen LogP contribution in [-0.2, 0) is 0 Å². The second-order valence-corrected chi connectivity index (χ2v) is 4.45. The van der Waals surface area contributed by atoms with E-state index in [1.165, 1.54) is 0 Å². The normalized spacial score (nSPS) is 17.2. The third-order valence-corrected chi connectivity index (χ3v) is 3.14. The molecule has 0 saturated carbocycles. The summed E-state index contributed by atoms with van der Waals surface area (Å²) >= 11 is 0. The van der Waals surface area contributed by atoms with Gasteiger partial charge in [-0.3, -0.25) is 4.79 Å². The Labute approximate surface area is 96.0 Å². The molecule has 1 fully saturated rings. The minimum atomic E-state index is 0.221. The van der Waals surface area contributed by atoms with Gasteiger partial charge in [-0.05, 0) is 44.0 Å². The van der Waals surface area contributed by atoms with Crippen LogP contribution in [0.3, 0.4) is 0 Å². The van der Waals surface area contributed by atoms with Crippen LogP contribution in [0.4, 0.5) is 5.69 Å². The maximum Gasteiger partial charge on any atom is 0.163 e. The maximum atomic E-state index is 12.0. The zero-order valence-electron chi connectivity index (χ0n) is 9.41. The van der Waals surface area contributed by atoms with Gasteiger partial charge < -0.3 is 11.1 Å². The molecule has 3 heteroatoms. The number of nitrogens with two attached hydrogens (primary N) is 1. The molecule has 0 spiro atoms. The number of carbonyl (C=O) groups is 1. The molecule has 1 saturated heterocycles. The van der Waals surface area contributed by atoms with Crippen LogP contribution < -0.4 is 11.1 Å². The van der Waals surface area contributed by atoms with Crippen molar-refractivity contribution in [1.82, 2.24) is 5.32 Å². The summed E-state index contributed by atoms with van der Waals surface area (Å²) in [7, 11) is 0. The van der Waals surface area contributed by atoms with Crippen LogP contribution in [-0.4, -0.2) is 18.9 Å². The van der Waals surface area contributed by atoms with Gasteiger partial charge in [0.15, 0.2) is 5.78 Å². The van der Waals surface area contributed by atoms with E-state index in [0.717, 1.165) is 31.5 Å². The molecule has 1 aromatic carbocycles. The summed E-state index contributed by atoms with van der Waals surface area (Å²) < 4.78 is 0. The number of piperidine rings is 1. The molecule has 0 bridgehead atoms. The van der Waals surface area contributed by atoms with Crippen LogP contribution in [0.5, 0.6) is 0 Å². The Kier molecular flexibility index (Phi) is 3.57. The number of hydrogen-bond donors (Lipinski definition) is 2. The molecule has 0 aromatic heterocycles. The lowest BCUT2D eigenvalue weighted by atomic mass is 9.90. The number of nitrogen functional groups attached to an aromatic ring is 1. The minimum Gasteiger partial charge on any atom is -0.399 e. The molecular formula is C13H18N2O. The zero-order chi connectivity index (χ0) is 11.4. The summed E-state index contributed by atoms with van der Waals surface area (Å²) in [6.07, 6.45) is 2.87. The van der Waals surface area contributed by atoms with Gasteiger partial charge in [-0.15, -0.1) is 0 Å². The summed E-state index contributed by atoms with van der Waals surface area (Å²) in [6, 6.07) is 7.26. The molecule has 1 aliphatic rings. The van der Waals surface area contributed by atoms with Crippen LogP contribution in [0.1, 0.15) is 29.6 Å². The topological polar surface area (TPSA) is 55.1 Å². The number of anilines is 1. The predicted octanol–water partition coefficient (Wildman–Crippen LogP) is 1.84. The summed E-state index contributed by atoms with van der Waals surface area (Å²) in [5.74, 6) is 0.759. The minimum absolute atomic E-state index is 0.221. The fraction of sp³-hybridized carbons (Fsp3) is 0.462. The van der Waals surface area contributed by atoms with Gasteiger partial charge in [0.05, 0.1) is 0 Å². The van der Waals surface area contributed by atoms with E-state index in [1.54, 1.807) is 12.1 Å². The number of Topliss-reactive ketones (excluding diaryl/α,β-unsaturated/α-hetero) is 1. The highest BCUT2D eigenvalue weighted by Gasteiger charge is 2.17. The van der Waals surface area contributed by atoms with E-state index in [9.17, 15) is 4.79 Å². The lowest BCUT2D eigenvalue weighted by Crippen LogP contribution is -2.28. The van der Waals surface area contributed by atoms with Crippen molar-refractivity contribution in [2.75, 3.05) is 18.8 Å². The van der Waals surface area contributed by atoms with Gasteiger partial charge in [-0.1, -0.05) is 12.1 Å². The Hall–Kier alpha value is -1.35. The van der Waals surface area contributed by atoms with Crippen molar-refractivity contribution in [2.24, 2.45) is 5.92 Å². The first-order chi connectivity index (χ1) is 7.75. The maximum absolute atomic E-state index is 12.0. The highest BCUT2D eigenvalue weighted by atomic mass is 16.1. The van der Waals surface area contributed by atoms with E-state index < -0.39 is 0 Å². The van der Waals surface area contributed by atoms with Gasteiger partial charge >= 0.3 is 0 Å². The van der Waals surface area contributed by atoms with Gasteiger partial charge in [-0.25, -0.2) is 0 Å². The first kappa shape index (κ1) is 11.1. The molecule has 2 rings (SSSR count). The summed E-state index contributed by atoms with van der Waals surface area (Å²) in [5, 5.41) is 3.31. The number of carbonyl (C=O) groups excluding carboxylic acids is 1. The second kappa shape index (κ2) is 5.12. The number of rotatable bonds is 3. The van der Waals surface area contributed by atoms with Crippen molar-refractivity contribution in [3.8, 4) is 0 Å². The predicted molar refractivity (Wildman–Crippen MR) is 65.4 cm³/mol. The van der Waals surface area contributed by atoms with Crippen LogP contribution in [0.25, 0.3) is 0 Å². The first-order valence-corrected chi connectivity index (χ1v) is 5.85. The SMILES string of the molecule is Nc1cccc(C(=O)CC2CCNCC2)c1. The Morgan fingerprint density at radius 2 is 2.12 bits per heavy atom. The largest absolute Gasteiger partial charge is 0.399 e. The van der Waals surface area contributed by atoms with Crippen LogP contribution in [0.2, 0.25) is 0 Å². The monoisotopic (exact) mass is 218 g/mol. The van der Waals surface area contributed by atoms with Gasteiger partial charge in [0.2, 0.25) is 0 Å². The fourth-order valence-electron chi connectivity index (χ4n) is 2.18. The third kappa shape index (κ3) is 2.83. The van der Waals surface area contributed by atoms with Gasteiger partial charge in [0.25, 0.3) is 0 Å². The lowest BCUT2D eigenvalue weighted by Gasteiger charge is -2.21. The van der Waals surface area contributed by atoms with Gasteiger partial charge in [0.1, 0.15) is 0 Å². The zero-order valence-corrected chi connectivity index (χ0v) is 9.41. The Morgan fingerprint density at radius 3 is 2.81 bits per heavy atom. The first-order valence-electron chi connectivity index (χ1n) is 5.85. The lowest BCUT2D eigenvalue weighted by molar-refractivity contribution is 0.0952. The number of benzene rings is 1. The number of nitrogens with one attached hydrogen (secondary N) is 1. The molecule has 3 N–H and O–H groups in total. The molecule has 16 heavy (non-hydrogen) atoms. The third-order valence-electron chi connectivity index (χ3n) is 3.14. The molecule has 86 valence electrons. The van der Waals surface area contributed by atoms with Crippen LogP contribution in [0, 0.1) is 5.92 Å². The van der Waals surface area contributed by atoms with Crippen molar-refractivity contribution in [2.45, 2.75) is 19.3 Å². The molecule has 1 heterocycles. The van der Waals surface area contributed by atoms with Crippen LogP contribution >= 0.6 is 0 Å². The molecule has 0 radical (unpaired) electrons. The quantitative estimate of drug-likeness (QED) is 0.601. The molecule has 1 aromatic rings. The van der Waals surface area contributed by atoms with E-state index in [-0.39, 0.29) is 5.78 Å². The van der Waals surface area contributed by atoms with Crippen LogP contribution in [0.15, 0.2) is 24.3 Å². The van der Waals surface area contributed by atoms with Crippen molar-refractivity contribution < 1.29 is 4.79 Å². The molecule has 3 nitrogen and oxygen atoms in total. The van der Waals surface area contributed by atoms with Gasteiger partial charge in [-0.2, -0.15) is 0 Å². The molecule has 0 unspecified atom stereocenters. The highest BCUT2D eigenvalue weighted by Crippen LogP contribution is 2.19. The van der Waals surface area contributed by atoms with E-state index in [1.807, 2.05) is 12.1 Å². The van der Waals surface area contributed by atoms with Crippen molar-refractivity contribution in [3.05, 3.63) is 29.8 Å². The van der Waals surface area contributed by atoms with E-state index in [4.69, 9.17) is 5.73 Å². The smallest absolute Gasteiger partial charge is 0.163 e. The Bertz CT molecular complexity index is 370. The summed E-state index contributed by atoms with van der Waals surface area (Å²) in [4.78, 5) is 12.0. The molecule has 0 amide bonds. The average molecular weight is 218 g/mol. The summed E-state index contributed by atoms with van der Waals surface area (Å²) in [5.41, 5.74) is 7.08. The van der Waals surface area contributed by atoms with Gasteiger partial charge in [0, 0.05) is 17.7 Å². The number of ketones is 1. The molecule has 1 aliphatic heterocycles. The second-order valence-electron chi connectivity index (χ2n) is 4.45. The Balaban J connectivity index is 1.97. The number of hydrogen-bond acceptors (Lipinski definition) is 3. The molecule has 0 aliphatic carbocycles.